The first-order chi connectivity index (χ1) is 32.5. The third kappa shape index (κ3) is 5.71. The number of thiophene rings is 1. The summed E-state index contributed by atoms with van der Waals surface area (Å²) in [5.74, 6) is 2.34. The number of nitrogens with zero attached hydrogens (tertiary/aromatic N) is 3. The van der Waals surface area contributed by atoms with Gasteiger partial charge in [0.2, 0.25) is 0 Å². The lowest BCUT2D eigenvalue weighted by Gasteiger charge is -2.47. The third-order valence-corrected chi connectivity index (χ3v) is 16.1. The predicted molar refractivity (Wildman–Crippen MR) is 274 cm³/mol. The minimum Gasteiger partial charge on any atom is -0.208 e. The molecule has 3 aliphatic carbocycles. The average molecular weight is 864 g/mol. The molecular weight excluding hydrogens is 819 g/mol. The molecule has 1 unspecified atom stereocenters. The van der Waals surface area contributed by atoms with E-state index in [-0.39, 0.29) is 5.41 Å². The van der Waals surface area contributed by atoms with E-state index in [4.69, 9.17) is 15.0 Å². The lowest BCUT2D eigenvalue weighted by atomic mass is 9.54. The Hall–Kier alpha value is -7.53. The fourth-order valence-corrected chi connectivity index (χ4v) is 12.6. The third-order valence-electron chi connectivity index (χ3n) is 14.9. The van der Waals surface area contributed by atoms with Gasteiger partial charge < -0.3 is 0 Å². The second-order valence-electron chi connectivity index (χ2n) is 18.3. The average Bonchev–Trinajstić information content (AvgIpc) is 3.91. The predicted octanol–water partition coefficient (Wildman–Crippen LogP) is 15.9. The number of allylic oxidation sites excluding steroid dienone is 4. The van der Waals surface area contributed by atoms with E-state index in [1.54, 1.807) is 0 Å². The van der Waals surface area contributed by atoms with Gasteiger partial charge in [-0.25, -0.2) is 15.0 Å². The minimum absolute atomic E-state index is 0.162. The second kappa shape index (κ2) is 15.0. The van der Waals surface area contributed by atoms with Gasteiger partial charge in [-0.1, -0.05) is 196 Å². The van der Waals surface area contributed by atoms with Gasteiger partial charge in [0.15, 0.2) is 17.5 Å². The molecule has 0 saturated carbocycles. The molecule has 0 radical (unpaired) electrons. The summed E-state index contributed by atoms with van der Waals surface area (Å²) in [6.07, 6.45) is 10.8. The van der Waals surface area contributed by atoms with Crippen LogP contribution in [0.2, 0.25) is 0 Å². The van der Waals surface area contributed by atoms with Crippen molar-refractivity contribution in [1.82, 2.24) is 15.0 Å². The maximum Gasteiger partial charge on any atom is 0.164 e. The van der Waals surface area contributed by atoms with Crippen molar-refractivity contribution in [3.05, 3.63) is 245 Å². The van der Waals surface area contributed by atoms with Crippen molar-refractivity contribution < 1.29 is 0 Å². The SMILES string of the molecule is CCC1(C)c2ccccc2C2(c3ccc(-c4ccc5sc6ccccc6c5c4)cc3-c3c(-c4nc(-c5ccccc5)nc(-c5ccc(C6C=CC=CC6)cc5)n4)cccc32)c2ccccc21. The number of rotatable bonds is 6. The molecule has 10 aromatic rings. The van der Waals surface area contributed by atoms with Crippen LogP contribution < -0.4 is 0 Å². The van der Waals surface area contributed by atoms with Crippen molar-refractivity contribution in [2.75, 3.05) is 0 Å². The number of fused-ring (bicyclic) bond motifs is 12. The molecule has 0 saturated heterocycles. The molecule has 1 atom stereocenters. The number of hydrogen-bond donors (Lipinski definition) is 0. The fourth-order valence-electron chi connectivity index (χ4n) is 11.5. The molecule has 0 N–H and O–H groups in total. The Labute approximate surface area is 389 Å². The molecule has 3 nitrogen and oxygen atoms in total. The van der Waals surface area contributed by atoms with Gasteiger partial charge in [0, 0.05) is 48.2 Å². The lowest BCUT2D eigenvalue weighted by molar-refractivity contribution is 0.502. The molecule has 0 aliphatic heterocycles. The molecule has 0 fully saturated rings. The summed E-state index contributed by atoms with van der Waals surface area (Å²) in [4.78, 5) is 16.0. The topological polar surface area (TPSA) is 38.7 Å². The van der Waals surface area contributed by atoms with Crippen LogP contribution >= 0.6 is 11.3 Å². The second-order valence-corrected chi connectivity index (χ2v) is 19.4. The van der Waals surface area contributed by atoms with Crippen molar-refractivity contribution in [3.63, 3.8) is 0 Å². The molecule has 4 heteroatoms. The van der Waals surface area contributed by atoms with Gasteiger partial charge in [-0.3, -0.25) is 0 Å². The Morgan fingerprint density at radius 3 is 1.82 bits per heavy atom. The van der Waals surface area contributed by atoms with E-state index >= 15 is 0 Å². The van der Waals surface area contributed by atoms with E-state index in [9.17, 15) is 0 Å². The van der Waals surface area contributed by atoms with E-state index in [0.717, 1.165) is 29.5 Å². The normalized spacial score (nSPS) is 18.9. The first-order valence-electron chi connectivity index (χ1n) is 23.2. The molecule has 3 aliphatic rings. The first kappa shape index (κ1) is 38.9. The van der Waals surface area contributed by atoms with Crippen molar-refractivity contribution in [1.29, 1.82) is 0 Å². The van der Waals surface area contributed by atoms with Gasteiger partial charge in [0.25, 0.3) is 0 Å². The summed E-state index contributed by atoms with van der Waals surface area (Å²) in [5.41, 5.74) is 16.2. The highest BCUT2D eigenvalue weighted by molar-refractivity contribution is 7.25. The standard InChI is InChI=1S/C62H45N3S/c1-3-61(2)50-23-11-13-25-52(50)62(53-26-14-12-24-51(53)61)49-35-33-43(44-34-36-56-47(37-44)45-21-10-15-28-55(45)66-56)38-48(49)57-46(22-16-27-54(57)62)60-64-58(41-19-8-5-9-20-41)63-59(65-60)42-31-29-40(30-32-42)39-17-6-4-7-18-39/h4-17,19-39H,3,18H2,1-2H3. The number of benzene rings is 8. The summed E-state index contributed by atoms with van der Waals surface area (Å²) >= 11 is 1.86. The molecular formula is C62H45N3S. The van der Waals surface area contributed by atoms with Crippen molar-refractivity contribution in [2.24, 2.45) is 0 Å². The van der Waals surface area contributed by atoms with Crippen molar-refractivity contribution >= 4 is 31.5 Å². The first-order valence-corrected chi connectivity index (χ1v) is 24.0. The van der Waals surface area contributed by atoms with Gasteiger partial charge in [-0.2, -0.15) is 0 Å². The summed E-state index contributed by atoms with van der Waals surface area (Å²) in [6.45, 7) is 4.77. The highest BCUT2D eigenvalue weighted by Gasteiger charge is 2.54. The molecule has 66 heavy (non-hydrogen) atoms. The molecule has 0 bridgehead atoms. The van der Waals surface area contributed by atoms with E-state index in [1.165, 1.54) is 81.4 Å². The van der Waals surface area contributed by atoms with Gasteiger partial charge in [0.05, 0.1) is 5.41 Å². The maximum atomic E-state index is 5.44. The van der Waals surface area contributed by atoms with Gasteiger partial charge in [-0.05, 0) is 98.3 Å². The van der Waals surface area contributed by atoms with Crippen molar-refractivity contribution in [3.8, 4) is 56.4 Å². The Bertz CT molecular complexity index is 3580. The number of hydrogen-bond acceptors (Lipinski definition) is 4. The summed E-state index contributed by atoms with van der Waals surface area (Å²) in [7, 11) is 0. The summed E-state index contributed by atoms with van der Waals surface area (Å²) in [5, 5.41) is 2.60. The van der Waals surface area contributed by atoms with Crippen LogP contribution in [0.15, 0.2) is 206 Å². The van der Waals surface area contributed by atoms with Gasteiger partial charge in [-0.15, -0.1) is 11.3 Å². The van der Waals surface area contributed by atoms with Crippen LogP contribution in [-0.2, 0) is 10.8 Å². The van der Waals surface area contributed by atoms with Gasteiger partial charge in [0.1, 0.15) is 0 Å². The Balaban J connectivity index is 1.08. The Kier molecular flexibility index (Phi) is 8.85. The van der Waals surface area contributed by atoms with Crippen LogP contribution in [0.25, 0.3) is 76.6 Å². The van der Waals surface area contributed by atoms with E-state index in [0.29, 0.717) is 23.4 Å². The summed E-state index contributed by atoms with van der Waals surface area (Å²) in [6, 6.07) is 67.4. The molecule has 0 amide bonds. The van der Waals surface area contributed by atoms with Gasteiger partial charge >= 0.3 is 0 Å². The van der Waals surface area contributed by atoms with Crippen LogP contribution in [0.1, 0.15) is 71.6 Å². The lowest BCUT2D eigenvalue weighted by Crippen LogP contribution is -2.41. The zero-order valence-electron chi connectivity index (χ0n) is 36.9. The molecule has 8 aromatic carbocycles. The molecule has 13 rings (SSSR count). The van der Waals surface area contributed by atoms with Crippen molar-refractivity contribution in [2.45, 2.75) is 43.4 Å². The van der Waals surface area contributed by atoms with Crippen LogP contribution in [0.4, 0.5) is 0 Å². The van der Waals surface area contributed by atoms with Crippen LogP contribution in [-0.4, -0.2) is 15.0 Å². The molecule has 314 valence electrons. The van der Waals surface area contributed by atoms with Crippen LogP contribution in [0.3, 0.4) is 0 Å². The Morgan fingerprint density at radius 2 is 1.09 bits per heavy atom. The number of aromatic nitrogens is 3. The molecule has 2 aromatic heterocycles. The zero-order valence-corrected chi connectivity index (χ0v) is 37.7. The van der Waals surface area contributed by atoms with Crippen LogP contribution in [0.5, 0.6) is 0 Å². The monoisotopic (exact) mass is 863 g/mol. The zero-order chi connectivity index (χ0) is 44.0. The van der Waals surface area contributed by atoms with E-state index in [2.05, 4.69) is 214 Å². The molecule has 1 spiro atoms. The smallest absolute Gasteiger partial charge is 0.164 e. The molecule has 2 heterocycles. The highest BCUT2D eigenvalue weighted by Crippen LogP contribution is 2.64. The highest BCUT2D eigenvalue weighted by atomic mass is 32.1. The van der Waals surface area contributed by atoms with Crippen LogP contribution in [0, 0.1) is 0 Å². The quantitative estimate of drug-likeness (QED) is 0.167. The fraction of sp³-hybridized carbons (Fsp3) is 0.113. The maximum absolute atomic E-state index is 5.44. The largest absolute Gasteiger partial charge is 0.208 e. The minimum atomic E-state index is -0.578. The van der Waals surface area contributed by atoms with E-state index in [1.807, 2.05) is 17.4 Å². The Morgan fingerprint density at radius 1 is 0.485 bits per heavy atom. The summed E-state index contributed by atoms with van der Waals surface area (Å²) < 4.78 is 2.62. The van der Waals surface area contributed by atoms with E-state index < -0.39 is 5.41 Å².